The fourth-order valence-corrected chi connectivity index (χ4v) is 5.16. The first-order valence-corrected chi connectivity index (χ1v) is 13.8. The molecule has 15 heteroatoms. The van der Waals surface area contributed by atoms with E-state index in [-0.39, 0.29) is 45.7 Å². The van der Waals surface area contributed by atoms with Crippen LogP contribution in [0.15, 0.2) is 48.8 Å². The number of likely N-dealkylation sites (tertiary alicyclic amines) is 1. The Labute approximate surface area is 249 Å². The highest BCUT2D eigenvalue weighted by atomic mass is 35.5. The molecular formula is C28H29ClF3N8O3+. The van der Waals surface area contributed by atoms with Crippen molar-refractivity contribution in [2.75, 3.05) is 42.8 Å². The second-order valence-electron chi connectivity index (χ2n) is 10.8. The Morgan fingerprint density at radius 2 is 1.88 bits per heavy atom. The smallest absolute Gasteiger partial charge is 0.379 e. The zero-order valence-electron chi connectivity index (χ0n) is 23.0. The number of halogens is 4. The van der Waals surface area contributed by atoms with Crippen LogP contribution in [0, 0.1) is 10.8 Å². The van der Waals surface area contributed by atoms with Crippen LogP contribution in [0.1, 0.15) is 46.9 Å². The molecule has 4 heterocycles. The van der Waals surface area contributed by atoms with Gasteiger partial charge in [-0.15, -0.1) is 0 Å². The molecule has 1 aromatic carbocycles. The largest absolute Gasteiger partial charge is 0.416 e. The van der Waals surface area contributed by atoms with Crippen molar-refractivity contribution in [1.82, 2.24) is 14.9 Å². The van der Waals surface area contributed by atoms with Crippen LogP contribution < -0.4 is 21.2 Å². The SMILES string of the molecule is CC1(C(=O)N2CCC[C@@H](N[n+]3c(Cl)cnc(N)c3C(=N)c3ccc(C(=O)Nc4cc(C(F)(F)F)ccn4)cc3)C2)COC1. The lowest BCUT2D eigenvalue weighted by molar-refractivity contribution is -0.652. The Hall–Kier alpha value is -4.30. The fraction of sp³-hybridized carbons (Fsp3) is 0.357. The van der Waals surface area contributed by atoms with E-state index < -0.39 is 23.1 Å². The number of nitrogens with one attached hydrogen (secondary N) is 3. The van der Waals surface area contributed by atoms with Crippen molar-refractivity contribution in [1.29, 1.82) is 5.41 Å². The molecule has 1 atom stereocenters. The predicted octanol–water partition coefficient (Wildman–Crippen LogP) is 3.26. The number of hydrogen-bond donors (Lipinski definition) is 4. The van der Waals surface area contributed by atoms with E-state index in [9.17, 15) is 22.8 Å². The number of anilines is 2. The number of aromatic nitrogens is 3. The number of nitrogen functional groups attached to an aromatic ring is 1. The molecule has 226 valence electrons. The molecule has 2 amide bonds. The predicted molar refractivity (Wildman–Crippen MR) is 151 cm³/mol. The molecule has 2 aliphatic heterocycles. The number of alkyl halides is 3. The normalized spacial score (nSPS) is 18.0. The van der Waals surface area contributed by atoms with E-state index in [1.165, 1.54) is 35.1 Å². The van der Waals surface area contributed by atoms with Crippen LogP contribution in [0.2, 0.25) is 5.15 Å². The first kappa shape index (κ1) is 30.2. The Balaban J connectivity index is 1.32. The lowest BCUT2D eigenvalue weighted by Crippen LogP contribution is -2.62. The van der Waals surface area contributed by atoms with Crippen molar-refractivity contribution in [3.8, 4) is 0 Å². The van der Waals surface area contributed by atoms with Crippen LogP contribution >= 0.6 is 11.6 Å². The van der Waals surface area contributed by atoms with Crippen LogP contribution in [0.4, 0.5) is 24.8 Å². The molecular weight excluding hydrogens is 589 g/mol. The van der Waals surface area contributed by atoms with E-state index in [4.69, 9.17) is 27.5 Å². The average Bonchev–Trinajstić information content (AvgIpc) is 2.97. The number of nitrogens with zero attached hydrogens (tertiary/aromatic N) is 4. The number of rotatable bonds is 7. The van der Waals surface area contributed by atoms with Crippen LogP contribution in [0.5, 0.6) is 0 Å². The number of carbonyl (C=O) groups is 2. The topological polar surface area (TPSA) is 150 Å². The molecule has 11 nitrogen and oxygen atoms in total. The summed E-state index contributed by atoms with van der Waals surface area (Å²) in [5, 5.41) is 11.4. The summed E-state index contributed by atoms with van der Waals surface area (Å²) in [6.07, 6.45) is -0.744. The number of amides is 2. The molecule has 0 aliphatic carbocycles. The van der Waals surface area contributed by atoms with Gasteiger partial charge in [0.05, 0.1) is 30.2 Å². The van der Waals surface area contributed by atoms with Crippen LogP contribution in [-0.4, -0.2) is 64.7 Å². The number of piperidine rings is 1. The fourth-order valence-electron chi connectivity index (χ4n) is 4.98. The van der Waals surface area contributed by atoms with Crippen molar-refractivity contribution in [2.45, 2.75) is 32.0 Å². The van der Waals surface area contributed by atoms with Gasteiger partial charge in [-0.3, -0.25) is 15.0 Å². The van der Waals surface area contributed by atoms with Gasteiger partial charge in [-0.25, -0.2) is 9.97 Å². The van der Waals surface area contributed by atoms with Gasteiger partial charge in [0.2, 0.25) is 11.7 Å². The number of benzene rings is 1. The summed E-state index contributed by atoms with van der Waals surface area (Å²) >= 11 is 6.50. The zero-order chi connectivity index (χ0) is 30.9. The van der Waals surface area contributed by atoms with E-state index in [1.807, 2.05) is 11.8 Å². The molecule has 3 aromatic rings. The minimum Gasteiger partial charge on any atom is -0.379 e. The number of nitrogens with two attached hydrogens (primary N) is 1. The molecule has 0 saturated carbocycles. The minimum atomic E-state index is -4.58. The third kappa shape index (κ3) is 6.39. The van der Waals surface area contributed by atoms with Crippen molar-refractivity contribution in [3.63, 3.8) is 0 Å². The van der Waals surface area contributed by atoms with Crippen LogP contribution in [0.3, 0.4) is 0 Å². The van der Waals surface area contributed by atoms with Gasteiger partial charge in [0, 0.05) is 30.4 Å². The van der Waals surface area contributed by atoms with Gasteiger partial charge < -0.3 is 20.7 Å². The van der Waals surface area contributed by atoms with E-state index in [0.717, 1.165) is 31.2 Å². The monoisotopic (exact) mass is 617 g/mol. The summed E-state index contributed by atoms with van der Waals surface area (Å²) in [7, 11) is 0. The summed E-state index contributed by atoms with van der Waals surface area (Å²) in [5.74, 6) is -0.859. The summed E-state index contributed by atoms with van der Waals surface area (Å²) in [4.78, 5) is 35.4. The van der Waals surface area contributed by atoms with Gasteiger partial charge in [0.1, 0.15) is 17.7 Å². The number of ether oxygens (including phenoxy) is 1. The quantitative estimate of drug-likeness (QED) is 0.235. The maximum absolute atomic E-state index is 13.1. The van der Waals surface area contributed by atoms with Gasteiger partial charge in [-0.05, 0) is 55.6 Å². The summed E-state index contributed by atoms with van der Waals surface area (Å²) in [5.41, 5.74) is 8.68. The highest BCUT2D eigenvalue weighted by Gasteiger charge is 2.45. The Kier molecular flexibility index (Phi) is 8.25. The highest BCUT2D eigenvalue weighted by Crippen LogP contribution is 2.31. The second kappa shape index (κ2) is 11.8. The molecule has 0 bridgehead atoms. The minimum absolute atomic E-state index is 0.0298. The zero-order valence-corrected chi connectivity index (χ0v) is 23.8. The molecule has 0 radical (unpaired) electrons. The number of hydrogen-bond acceptors (Lipinski definition) is 8. The summed E-state index contributed by atoms with van der Waals surface area (Å²) < 4.78 is 45.7. The molecule has 43 heavy (non-hydrogen) atoms. The molecule has 0 spiro atoms. The Morgan fingerprint density at radius 1 is 1.19 bits per heavy atom. The van der Waals surface area contributed by atoms with E-state index in [1.54, 1.807) is 0 Å². The molecule has 5 N–H and O–H groups in total. The second-order valence-corrected chi connectivity index (χ2v) is 11.1. The lowest BCUT2D eigenvalue weighted by Gasteiger charge is -2.42. The summed E-state index contributed by atoms with van der Waals surface area (Å²) in [6, 6.07) is 7.22. The number of pyridine rings is 1. The molecule has 2 saturated heterocycles. The standard InChI is InChI=1S/C28H28ClF3N8O3/c1-27(14-43-15-27)26(42)39-10-2-3-19(13-39)38-40-20(29)12-36-24(34)23(40)22(33)16-4-6-17(7-5-16)25(41)37-21-11-18(8-9-35-21)28(30,31)32/h4-9,11-12,19H,2-3,10,13-15H2,1H3,(H4-,33,34,35,36,37,38,41)/p+1/t19-/m1/s1. The van der Waals surface area contributed by atoms with Crippen LogP contribution in [0.25, 0.3) is 0 Å². The van der Waals surface area contributed by atoms with Gasteiger partial charge in [-0.2, -0.15) is 18.6 Å². The van der Waals surface area contributed by atoms with Crippen molar-refractivity contribution in [3.05, 3.63) is 76.3 Å². The summed E-state index contributed by atoms with van der Waals surface area (Å²) in [6.45, 7) is 3.74. The molecule has 5 rings (SSSR count). The third-order valence-corrected chi connectivity index (χ3v) is 7.64. The Morgan fingerprint density at radius 3 is 2.53 bits per heavy atom. The molecule has 2 fully saturated rings. The third-order valence-electron chi connectivity index (χ3n) is 7.37. The van der Waals surface area contributed by atoms with E-state index in [2.05, 4.69) is 20.7 Å². The first-order chi connectivity index (χ1) is 20.4. The Bertz CT molecular complexity index is 1560. The van der Waals surface area contributed by atoms with E-state index >= 15 is 0 Å². The maximum Gasteiger partial charge on any atom is 0.416 e. The molecule has 2 aliphatic rings. The molecule has 0 unspecified atom stereocenters. The van der Waals surface area contributed by atoms with Crippen molar-refractivity contribution in [2.24, 2.45) is 5.41 Å². The van der Waals surface area contributed by atoms with Gasteiger partial charge in [0.25, 0.3) is 5.91 Å². The lowest BCUT2D eigenvalue weighted by atomic mass is 9.86. The average molecular weight is 618 g/mol. The van der Waals surface area contributed by atoms with E-state index in [0.29, 0.717) is 31.9 Å². The number of carbonyl (C=O) groups excluding carboxylic acids is 2. The van der Waals surface area contributed by atoms with Crippen molar-refractivity contribution >= 4 is 40.8 Å². The van der Waals surface area contributed by atoms with Gasteiger partial charge >= 0.3 is 17.0 Å². The van der Waals surface area contributed by atoms with Gasteiger partial charge in [0.15, 0.2) is 0 Å². The van der Waals surface area contributed by atoms with Crippen molar-refractivity contribution < 1.29 is 32.2 Å². The first-order valence-electron chi connectivity index (χ1n) is 13.4. The molecule has 2 aromatic heterocycles. The van der Waals surface area contributed by atoms with Crippen LogP contribution in [-0.2, 0) is 15.7 Å². The maximum atomic E-state index is 13.1. The van der Waals surface area contributed by atoms with Gasteiger partial charge in [-0.1, -0.05) is 16.8 Å². The highest BCUT2D eigenvalue weighted by molar-refractivity contribution is 6.28.